The third-order valence-electron chi connectivity index (χ3n) is 4.00. The first-order valence-electron chi connectivity index (χ1n) is 7.31. The number of nitrogens with zero attached hydrogens (tertiary/aromatic N) is 1. The van der Waals surface area contributed by atoms with Gasteiger partial charge < -0.3 is 5.21 Å². The number of oxime groups is 1. The Labute approximate surface area is 140 Å². The molecule has 0 bridgehead atoms. The number of benzene rings is 2. The molecule has 0 aromatic heterocycles. The van der Waals surface area contributed by atoms with Gasteiger partial charge in [0.2, 0.25) is 0 Å². The lowest BCUT2D eigenvalue weighted by Gasteiger charge is -2.33. The van der Waals surface area contributed by atoms with E-state index in [1.807, 2.05) is 30.0 Å². The van der Waals surface area contributed by atoms with E-state index in [0.717, 1.165) is 0 Å². The van der Waals surface area contributed by atoms with Crippen molar-refractivity contribution >= 4 is 29.1 Å². The molecule has 1 saturated heterocycles. The van der Waals surface area contributed by atoms with Gasteiger partial charge in [0.1, 0.15) is 0 Å². The van der Waals surface area contributed by atoms with Crippen molar-refractivity contribution in [2.24, 2.45) is 5.16 Å². The molecule has 1 N–H and O–H groups in total. The van der Waals surface area contributed by atoms with Gasteiger partial charge in [-0.2, -0.15) is 0 Å². The van der Waals surface area contributed by atoms with Gasteiger partial charge in [-0.25, -0.2) is 0 Å². The summed E-state index contributed by atoms with van der Waals surface area (Å²) in [5.74, 6) is 0. The highest BCUT2D eigenvalue weighted by atomic mass is 35.5. The third kappa shape index (κ3) is 3.16. The highest BCUT2D eigenvalue weighted by Gasteiger charge is 2.36. The standard InChI is InChI=1S/C18H18ClNOS/c1-12-7-9-14(10-8-12)18-17(19)15(20-21)11-16(22-18)13-5-3-2-4-6-13/h2-10,16-18,21H,11H2,1H3/b20-15-. The summed E-state index contributed by atoms with van der Waals surface area (Å²) in [6, 6.07) is 18.8. The summed E-state index contributed by atoms with van der Waals surface area (Å²) < 4.78 is 0. The first-order chi connectivity index (χ1) is 10.7. The second-order valence-electron chi connectivity index (χ2n) is 5.56. The van der Waals surface area contributed by atoms with Crippen molar-refractivity contribution < 1.29 is 5.21 Å². The van der Waals surface area contributed by atoms with Crippen LogP contribution in [-0.2, 0) is 0 Å². The molecule has 22 heavy (non-hydrogen) atoms. The van der Waals surface area contributed by atoms with Gasteiger partial charge in [-0.05, 0) is 18.1 Å². The quantitative estimate of drug-likeness (QED) is 0.457. The van der Waals surface area contributed by atoms with E-state index in [2.05, 4.69) is 48.5 Å². The molecule has 0 saturated carbocycles. The summed E-state index contributed by atoms with van der Waals surface area (Å²) >= 11 is 8.41. The summed E-state index contributed by atoms with van der Waals surface area (Å²) in [5, 5.41) is 12.9. The predicted molar refractivity (Wildman–Crippen MR) is 94.2 cm³/mol. The maximum atomic E-state index is 9.33. The molecule has 2 aromatic rings. The number of alkyl halides is 1. The van der Waals surface area contributed by atoms with Gasteiger partial charge in [0, 0.05) is 11.7 Å². The van der Waals surface area contributed by atoms with Crippen LogP contribution in [0.4, 0.5) is 0 Å². The van der Waals surface area contributed by atoms with Crippen LogP contribution in [0.5, 0.6) is 0 Å². The lowest BCUT2D eigenvalue weighted by molar-refractivity contribution is 0.316. The van der Waals surface area contributed by atoms with Crippen LogP contribution in [0.2, 0.25) is 0 Å². The summed E-state index contributed by atoms with van der Waals surface area (Å²) in [7, 11) is 0. The van der Waals surface area contributed by atoms with Crippen LogP contribution in [0.1, 0.15) is 33.6 Å². The van der Waals surface area contributed by atoms with E-state index in [4.69, 9.17) is 11.6 Å². The van der Waals surface area contributed by atoms with E-state index in [9.17, 15) is 5.21 Å². The molecule has 114 valence electrons. The first-order valence-corrected chi connectivity index (χ1v) is 8.69. The fourth-order valence-electron chi connectivity index (χ4n) is 2.74. The second-order valence-corrected chi connectivity index (χ2v) is 7.38. The zero-order chi connectivity index (χ0) is 15.5. The molecule has 0 spiro atoms. The van der Waals surface area contributed by atoms with Gasteiger partial charge in [-0.1, -0.05) is 65.3 Å². The molecule has 4 heteroatoms. The molecule has 2 aromatic carbocycles. The van der Waals surface area contributed by atoms with E-state index < -0.39 is 0 Å². The average molecular weight is 332 g/mol. The predicted octanol–water partition coefficient (Wildman–Crippen LogP) is 5.35. The maximum Gasteiger partial charge on any atom is 0.0911 e. The van der Waals surface area contributed by atoms with Crippen molar-refractivity contribution in [3.8, 4) is 0 Å². The normalized spacial score (nSPS) is 27.0. The van der Waals surface area contributed by atoms with E-state index >= 15 is 0 Å². The smallest absolute Gasteiger partial charge is 0.0911 e. The molecule has 0 amide bonds. The van der Waals surface area contributed by atoms with Crippen LogP contribution in [0, 0.1) is 6.92 Å². The molecular weight excluding hydrogens is 314 g/mol. The Bertz CT molecular complexity index is 657. The lowest BCUT2D eigenvalue weighted by atomic mass is 9.99. The minimum atomic E-state index is -0.280. The topological polar surface area (TPSA) is 32.6 Å². The molecule has 0 radical (unpaired) electrons. The van der Waals surface area contributed by atoms with Gasteiger partial charge in [0.05, 0.1) is 16.3 Å². The zero-order valence-corrected chi connectivity index (χ0v) is 13.9. The number of thioether (sulfide) groups is 1. The van der Waals surface area contributed by atoms with Gasteiger partial charge in [-0.15, -0.1) is 23.4 Å². The Balaban J connectivity index is 1.93. The molecule has 1 aliphatic heterocycles. The molecule has 3 rings (SSSR count). The molecule has 3 atom stereocenters. The molecule has 1 fully saturated rings. The number of hydrogen-bond donors (Lipinski definition) is 1. The van der Waals surface area contributed by atoms with Crippen LogP contribution in [-0.4, -0.2) is 16.3 Å². The van der Waals surface area contributed by atoms with Crippen LogP contribution < -0.4 is 0 Å². The average Bonchev–Trinajstić information content (AvgIpc) is 2.57. The Morgan fingerprint density at radius 1 is 1.05 bits per heavy atom. The fourth-order valence-corrected chi connectivity index (χ4v) is 4.74. The Kier molecular flexibility index (Phi) is 4.74. The number of aryl methyl sites for hydroxylation is 1. The van der Waals surface area contributed by atoms with Gasteiger partial charge in [0.25, 0.3) is 0 Å². The Morgan fingerprint density at radius 3 is 2.36 bits per heavy atom. The zero-order valence-electron chi connectivity index (χ0n) is 12.3. The molecular formula is C18H18ClNOS. The Morgan fingerprint density at radius 2 is 1.73 bits per heavy atom. The molecule has 1 aliphatic rings. The summed E-state index contributed by atoms with van der Waals surface area (Å²) in [6.45, 7) is 2.07. The minimum absolute atomic E-state index is 0.0899. The monoisotopic (exact) mass is 331 g/mol. The van der Waals surface area contributed by atoms with Crippen LogP contribution in [0.25, 0.3) is 0 Å². The number of halogens is 1. The highest BCUT2D eigenvalue weighted by Crippen LogP contribution is 2.50. The summed E-state index contributed by atoms with van der Waals surface area (Å²) in [4.78, 5) is 0. The largest absolute Gasteiger partial charge is 0.411 e. The van der Waals surface area contributed by atoms with Gasteiger partial charge >= 0.3 is 0 Å². The van der Waals surface area contributed by atoms with E-state index in [-0.39, 0.29) is 15.9 Å². The highest BCUT2D eigenvalue weighted by molar-refractivity contribution is 8.00. The van der Waals surface area contributed by atoms with Crippen LogP contribution in [0.3, 0.4) is 0 Å². The number of rotatable bonds is 2. The second kappa shape index (κ2) is 6.76. The SMILES string of the molecule is Cc1ccc(C2SC(c3ccccc3)C/C(=N/O)C2Cl)cc1. The van der Waals surface area contributed by atoms with Crippen LogP contribution >= 0.6 is 23.4 Å². The van der Waals surface area contributed by atoms with Crippen molar-refractivity contribution in [3.63, 3.8) is 0 Å². The summed E-state index contributed by atoms with van der Waals surface area (Å²) in [5.41, 5.74) is 4.32. The van der Waals surface area contributed by atoms with Crippen molar-refractivity contribution in [1.82, 2.24) is 0 Å². The van der Waals surface area contributed by atoms with Crippen molar-refractivity contribution in [1.29, 1.82) is 0 Å². The fraction of sp³-hybridized carbons (Fsp3) is 0.278. The third-order valence-corrected chi connectivity index (χ3v) is 6.25. The van der Waals surface area contributed by atoms with Gasteiger partial charge in [0.15, 0.2) is 0 Å². The van der Waals surface area contributed by atoms with Crippen LogP contribution in [0.15, 0.2) is 59.8 Å². The molecule has 0 aliphatic carbocycles. The molecule has 2 nitrogen and oxygen atoms in total. The minimum Gasteiger partial charge on any atom is -0.411 e. The molecule has 3 unspecified atom stereocenters. The van der Waals surface area contributed by atoms with Crippen molar-refractivity contribution in [2.45, 2.75) is 29.2 Å². The maximum absolute atomic E-state index is 9.33. The van der Waals surface area contributed by atoms with Crippen molar-refractivity contribution in [3.05, 3.63) is 71.3 Å². The van der Waals surface area contributed by atoms with Gasteiger partial charge in [-0.3, -0.25) is 0 Å². The van der Waals surface area contributed by atoms with Crippen molar-refractivity contribution in [2.75, 3.05) is 0 Å². The lowest BCUT2D eigenvalue weighted by Crippen LogP contribution is -2.28. The Hall–Kier alpha value is -1.45. The molecule has 1 heterocycles. The summed E-state index contributed by atoms with van der Waals surface area (Å²) in [6.07, 6.45) is 0.682. The number of hydrogen-bond acceptors (Lipinski definition) is 3. The van der Waals surface area contributed by atoms with E-state index in [1.54, 1.807) is 0 Å². The van der Waals surface area contributed by atoms with E-state index in [0.29, 0.717) is 12.1 Å². The first kappa shape index (κ1) is 15.4. The van der Waals surface area contributed by atoms with E-state index in [1.165, 1.54) is 16.7 Å².